The molecule has 0 rings (SSSR count). The van der Waals surface area contributed by atoms with E-state index in [1.165, 1.54) is 0 Å². The van der Waals surface area contributed by atoms with Crippen LogP contribution in [0.1, 0.15) is 0 Å². The smallest absolute Gasteiger partial charge is 0.291 e. The van der Waals surface area contributed by atoms with Gasteiger partial charge in [-0.3, -0.25) is 0 Å². The zero-order valence-electron chi connectivity index (χ0n) is 4.13. The molecule has 0 heterocycles. The van der Waals surface area contributed by atoms with Crippen molar-refractivity contribution in [1.82, 2.24) is 0 Å². The Hall–Kier alpha value is -0.340. The Morgan fingerprint density at radius 3 is 1.00 bits per heavy atom. The van der Waals surface area contributed by atoms with Crippen molar-refractivity contribution in [2.45, 2.75) is 0 Å². The summed E-state index contributed by atoms with van der Waals surface area (Å²) in [4.78, 5) is 16.7. The summed E-state index contributed by atoms with van der Waals surface area (Å²) in [5.74, 6) is 0. The van der Waals surface area contributed by atoms with Gasteiger partial charge in [-0.15, -0.1) is 20.2 Å². The Balaban J connectivity index is -0.0000000720. The van der Waals surface area contributed by atoms with Gasteiger partial charge in [0.25, 0.3) is 10.2 Å². The van der Waals surface area contributed by atoms with Crippen LogP contribution in [-0.4, -0.2) is 58.3 Å². The van der Waals surface area contributed by atoms with E-state index in [9.17, 15) is 0 Å². The molecular formula is H2CaN2O6. The van der Waals surface area contributed by atoms with Crippen LogP contribution in [0.2, 0.25) is 0 Å². The van der Waals surface area contributed by atoms with Crippen molar-refractivity contribution in [3.05, 3.63) is 20.2 Å². The molecule has 0 atom stereocenters. The van der Waals surface area contributed by atoms with E-state index in [4.69, 9.17) is 30.6 Å². The molecule has 0 aromatic carbocycles. The molecule has 0 fully saturated rings. The van der Waals surface area contributed by atoms with Gasteiger partial charge in [-0.2, -0.15) is 0 Å². The first-order chi connectivity index (χ1) is 3.46. The second kappa shape index (κ2) is 10.6. The summed E-state index contributed by atoms with van der Waals surface area (Å²) in [5, 5.41) is 27.3. The first kappa shape index (κ1) is 15.9. The third kappa shape index (κ3) is 2120. The summed E-state index contributed by atoms with van der Waals surface area (Å²) < 4.78 is 0. The molecule has 2 N–H and O–H groups in total. The van der Waals surface area contributed by atoms with Crippen LogP contribution in [0.15, 0.2) is 0 Å². The number of rotatable bonds is 0. The molecule has 0 aromatic rings. The largest absolute Gasteiger partial charge is 0.328 e. The first-order valence-corrected chi connectivity index (χ1v) is 1.13. The van der Waals surface area contributed by atoms with Crippen LogP contribution in [0.4, 0.5) is 0 Å². The van der Waals surface area contributed by atoms with Crippen LogP contribution in [0.5, 0.6) is 0 Å². The van der Waals surface area contributed by atoms with Gasteiger partial charge < -0.3 is 10.4 Å². The summed E-state index contributed by atoms with van der Waals surface area (Å²) >= 11 is 0. The predicted octanol–water partition coefficient (Wildman–Crippen LogP) is -1.08. The van der Waals surface area contributed by atoms with Crippen LogP contribution in [-0.2, 0) is 0 Å². The molecule has 50 valence electrons. The van der Waals surface area contributed by atoms with E-state index in [-0.39, 0.29) is 37.7 Å². The van der Waals surface area contributed by atoms with Crippen LogP contribution in [0.3, 0.4) is 0 Å². The molecule has 0 unspecified atom stereocenters. The van der Waals surface area contributed by atoms with Gasteiger partial charge in [0.1, 0.15) is 0 Å². The van der Waals surface area contributed by atoms with Crippen LogP contribution in [0.25, 0.3) is 0 Å². The molecule has 0 aromatic heterocycles. The van der Waals surface area contributed by atoms with Crippen molar-refractivity contribution in [2.75, 3.05) is 0 Å². The Bertz CT molecular complexity index is 69.1. The standard InChI is InChI=1S/Ca.2HNO3/c;2*2-1(3)4/h;2*(H,2,3,4)/i;2*1+1. The van der Waals surface area contributed by atoms with Gasteiger partial charge in [0.2, 0.25) is 0 Å². The fourth-order valence-corrected chi connectivity index (χ4v) is 0. The second-order valence-corrected chi connectivity index (χ2v) is 0.476. The summed E-state index contributed by atoms with van der Waals surface area (Å²) in [6.07, 6.45) is 0. The molecule has 0 aliphatic carbocycles. The molecule has 0 saturated carbocycles. The van der Waals surface area contributed by atoms with E-state index in [1.807, 2.05) is 0 Å². The minimum Gasteiger partial charge on any atom is -0.328 e. The molecule has 0 aliphatic heterocycles. The number of hydrogen-bond donors (Lipinski definition) is 2. The molecule has 2 radical (unpaired) electrons. The second-order valence-electron chi connectivity index (χ2n) is 0.476. The number of hydrogen-bond acceptors (Lipinski definition) is 4. The summed E-state index contributed by atoms with van der Waals surface area (Å²) in [5.41, 5.74) is 0. The van der Waals surface area contributed by atoms with Crippen LogP contribution < -0.4 is 0 Å². The molecule has 0 aliphatic rings. The van der Waals surface area contributed by atoms with Gasteiger partial charge in [-0.05, 0) is 0 Å². The van der Waals surface area contributed by atoms with Crippen molar-refractivity contribution < 1.29 is 20.6 Å². The SMILES string of the molecule is O=[15N+]([O-])O.O=[15N+]([O-])O.[Ca]. The maximum absolute atomic E-state index is 8.36. The van der Waals surface area contributed by atoms with Crippen molar-refractivity contribution in [1.29, 1.82) is 0 Å². The van der Waals surface area contributed by atoms with Gasteiger partial charge in [0.05, 0.1) is 0 Å². The Labute approximate surface area is 78.3 Å². The predicted molar refractivity (Wildman–Crippen MR) is 23.3 cm³/mol. The van der Waals surface area contributed by atoms with E-state index in [2.05, 4.69) is 0 Å². The van der Waals surface area contributed by atoms with Crippen LogP contribution >= 0.6 is 0 Å². The fourth-order valence-electron chi connectivity index (χ4n) is 0. The molecule has 0 bridgehead atoms. The third-order valence-electron chi connectivity index (χ3n) is 0. The summed E-state index contributed by atoms with van der Waals surface area (Å²) in [6, 6.07) is 0. The van der Waals surface area contributed by atoms with Crippen molar-refractivity contribution in [3.63, 3.8) is 0 Å². The maximum Gasteiger partial charge on any atom is 0.291 e. The van der Waals surface area contributed by atoms with Gasteiger partial charge in [-0.1, -0.05) is 0 Å². The normalized spacial score (nSPS) is 5.33. The average molecular weight is 168 g/mol. The van der Waals surface area contributed by atoms with Gasteiger partial charge in [0.15, 0.2) is 0 Å². The minimum absolute atomic E-state index is 0. The molecule has 0 spiro atoms. The monoisotopic (exact) mass is 168 g/mol. The molecule has 9 heteroatoms. The minimum atomic E-state index is -1.50. The van der Waals surface area contributed by atoms with E-state index < -0.39 is 10.2 Å². The zero-order valence-corrected chi connectivity index (χ0v) is 6.34. The van der Waals surface area contributed by atoms with E-state index >= 15 is 0 Å². The van der Waals surface area contributed by atoms with Crippen molar-refractivity contribution in [3.8, 4) is 0 Å². The Morgan fingerprint density at radius 1 is 1.00 bits per heavy atom. The Morgan fingerprint density at radius 2 is 1.00 bits per heavy atom. The van der Waals surface area contributed by atoms with Gasteiger partial charge >= 0.3 is 0 Å². The van der Waals surface area contributed by atoms with Crippen LogP contribution in [0, 0.1) is 20.2 Å². The zero-order chi connectivity index (χ0) is 7.15. The van der Waals surface area contributed by atoms with Gasteiger partial charge in [0, 0.05) is 37.7 Å². The molecule has 0 saturated heterocycles. The van der Waals surface area contributed by atoms with Gasteiger partial charge in [-0.25, -0.2) is 0 Å². The summed E-state index contributed by atoms with van der Waals surface area (Å²) in [7, 11) is 0. The average Bonchev–Trinajstić information content (AvgIpc) is 1.25. The maximum atomic E-state index is 8.36. The topological polar surface area (TPSA) is 127 Å². The summed E-state index contributed by atoms with van der Waals surface area (Å²) in [6.45, 7) is 0. The quantitative estimate of drug-likeness (QED) is 0.205. The van der Waals surface area contributed by atoms with E-state index in [1.54, 1.807) is 0 Å². The van der Waals surface area contributed by atoms with Crippen molar-refractivity contribution >= 4 is 37.7 Å². The molecule has 8 nitrogen and oxygen atoms in total. The van der Waals surface area contributed by atoms with Crippen molar-refractivity contribution in [2.24, 2.45) is 0 Å². The third-order valence-corrected chi connectivity index (χ3v) is 0. The first-order valence-electron chi connectivity index (χ1n) is 1.13. The van der Waals surface area contributed by atoms with E-state index in [0.717, 1.165) is 0 Å². The van der Waals surface area contributed by atoms with E-state index in [0.29, 0.717) is 0 Å². The Kier molecular flexibility index (Phi) is 18.7. The molecule has 9 heavy (non-hydrogen) atoms. The number of nitrogens with zero attached hydrogens (tertiary/aromatic N) is 2. The molecule has 0 amide bonds. The fraction of sp³-hybridized carbons (Fsp3) is 0. The molecular weight excluding hydrogens is 166 g/mol.